The molecule has 1 nitrogen and oxygen atoms in total. The Balaban J connectivity index is 2.84. The van der Waals surface area contributed by atoms with E-state index in [0.717, 1.165) is 0 Å². The molecule has 0 amide bonds. The lowest BCUT2D eigenvalue weighted by atomic mass is 10.1. The van der Waals surface area contributed by atoms with Crippen molar-refractivity contribution in [2.45, 2.75) is 19.1 Å². The normalized spacial score (nSPS) is 15.1. The maximum atomic E-state index is 12.1. The molecule has 0 heterocycles. The van der Waals surface area contributed by atoms with Crippen molar-refractivity contribution in [3.63, 3.8) is 0 Å². The third-order valence-corrected chi connectivity index (χ3v) is 2.13. The maximum Gasteiger partial charge on any atom is 0.444 e. The van der Waals surface area contributed by atoms with Gasteiger partial charge in [-0.15, -0.1) is 0 Å². The topological polar surface area (TPSA) is 12.4 Å². The summed E-state index contributed by atoms with van der Waals surface area (Å²) in [5, 5.41) is -1.32. The summed E-state index contributed by atoms with van der Waals surface area (Å²) in [6, 6.07) is 8.07. The standard InChI is InChI=1S/C10H9ClF3N/c1-7(8-5-3-2-4-6-8)15-9(11)10(12,13)14/h2-7H,1H3/t7-/m1/s1. The van der Waals surface area contributed by atoms with Crippen LogP contribution in [-0.4, -0.2) is 11.3 Å². The molecule has 0 radical (unpaired) electrons. The molecule has 0 unspecified atom stereocenters. The summed E-state index contributed by atoms with van der Waals surface area (Å²) in [5.74, 6) is 0. The summed E-state index contributed by atoms with van der Waals surface area (Å²) < 4.78 is 36.2. The molecule has 0 N–H and O–H groups in total. The molecule has 0 saturated heterocycles. The highest BCUT2D eigenvalue weighted by molar-refractivity contribution is 6.66. The molecule has 0 aliphatic rings. The number of rotatable bonds is 2. The van der Waals surface area contributed by atoms with Crippen LogP contribution in [0.15, 0.2) is 35.3 Å². The molecule has 0 bridgehead atoms. The van der Waals surface area contributed by atoms with Crippen LogP contribution in [0.5, 0.6) is 0 Å². The minimum atomic E-state index is -4.56. The molecule has 15 heavy (non-hydrogen) atoms. The van der Waals surface area contributed by atoms with Gasteiger partial charge in [-0.3, -0.25) is 4.99 Å². The van der Waals surface area contributed by atoms with Crippen LogP contribution >= 0.6 is 11.6 Å². The number of alkyl halides is 3. The minimum absolute atomic E-state index is 0.597. The van der Waals surface area contributed by atoms with Gasteiger partial charge in [0.05, 0.1) is 6.04 Å². The summed E-state index contributed by atoms with van der Waals surface area (Å²) in [5.41, 5.74) is 0.694. The summed E-state index contributed by atoms with van der Waals surface area (Å²) in [4.78, 5) is 3.38. The van der Waals surface area contributed by atoms with Gasteiger partial charge in [-0.2, -0.15) is 13.2 Å². The first-order valence-electron chi connectivity index (χ1n) is 4.26. The van der Waals surface area contributed by atoms with E-state index in [-0.39, 0.29) is 0 Å². The average molecular weight is 236 g/mol. The van der Waals surface area contributed by atoms with Gasteiger partial charge in [-0.1, -0.05) is 41.9 Å². The van der Waals surface area contributed by atoms with Crippen molar-refractivity contribution in [1.82, 2.24) is 0 Å². The number of halogens is 4. The number of benzene rings is 1. The molecule has 82 valence electrons. The fraction of sp³-hybridized carbons (Fsp3) is 0.300. The summed E-state index contributed by atoms with van der Waals surface area (Å²) in [6.07, 6.45) is -4.56. The Hall–Kier alpha value is -1.03. The number of hydrogen-bond donors (Lipinski definition) is 0. The zero-order valence-corrected chi connectivity index (χ0v) is 8.68. The van der Waals surface area contributed by atoms with Gasteiger partial charge in [0.15, 0.2) is 0 Å². The van der Waals surface area contributed by atoms with Crippen LogP contribution in [0, 0.1) is 0 Å². The second kappa shape index (κ2) is 4.66. The second-order valence-corrected chi connectivity index (χ2v) is 3.36. The molecular weight excluding hydrogens is 227 g/mol. The molecule has 0 aliphatic carbocycles. The van der Waals surface area contributed by atoms with Gasteiger partial charge in [0, 0.05) is 0 Å². The van der Waals surface area contributed by atoms with E-state index in [1.54, 1.807) is 37.3 Å². The molecule has 1 atom stereocenters. The Labute approximate surface area is 90.6 Å². The minimum Gasteiger partial charge on any atom is -0.261 e. The van der Waals surface area contributed by atoms with Gasteiger partial charge in [-0.05, 0) is 12.5 Å². The smallest absolute Gasteiger partial charge is 0.261 e. The largest absolute Gasteiger partial charge is 0.444 e. The molecule has 0 fully saturated rings. The Morgan fingerprint density at radius 3 is 2.27 bits per heavy atom. The van der Waals surface area contributed by atoms with Crippen LogP contribution in [0.4, 0.5) is 13.2 Å². The Morgan fingerprint density at radius 1 is 1.27 bits per heavy atom. The van der Waals surface area contributed by atoms with Crippen molar-refractivity contribution in [2.24, 2.45) is 4.99 Å². The molecule has 0 aliphatic heterocycles. The SMILES string of the molecule is C[C@@H](N=C(Cl)C(F)(F)F)c1ccccc1. The first-order valence-corrected chi connectivity index (χ1v) is 4.64. The van der Waals surface area contributed by atoms with Crippen molar-refractivity contribution >= 4 is 16.8 Å². The van der Waals surface area contributed by atoms with Crippen molar-refractivity contribution in [3.8, 4) is 0 Å². The maximum absolute atomic E-state index is 12.1. The van der Waals surface area contributed by atoms with Gasteiger partial charge in [0.25, 0.3) is 0 Å². The first-order chi connectivity index (χ1) is 6.91. The van der Waals surface area contributed by atoms with Gasteiger partial charge in [0.2, 0.25) is 5.17 Å². The van der Waals surface area contributed by atoms with Crippen molar-refractivity contribution in [3.05, 3.63) is 35.9 Å². The fourth-order valence-electron chi connectivity index (χ4n) is 1.05. The van der Waals surface area contributed by atoms with Crippen LogP contribution in [0.3, 0.4) is 0 Å². The van der Waals surface area contributed by atoms with E-state index in [1.807, 2.05) is 0 Å². The molecule has 1 aromatic carbocycles. The number of aliphatic imine (C=N–C) groups is 1. The quantitative estimate of drug-likeness (QED) is 0.689. The van der Waals surface area contributed by atoms with Crippen LogP contribution in [0.25, 0.3) is 0 Å². The van der Waals surface area contributed by atoms with Crippen molar-refractivity contribution < 1.29 is 13.2 Å². The molecule has 5 heteroatoms. The predicted octanol–water partition coefficient (Wildman–Crippen LogP) is 3.95. The van der Waals surface area contributed by atoms with Gasteiger partial charge in [0.1, 0.15) is 0 Å². The summed E-state index contributed by atoms with van der Waals surface area (Å²) in [6.45, 7) is 1.56. The molecular formula is C10H9ClF3N. The zero-order chi connectivity index (χ0) is 11.5. The van der Waals surface area contributed by atoms with E-state index in [4.69, 9.17) is 11.6 Å². The Kier molecular flexibility index (Phi) is 3.74. The number of hydrogen-bond acceptors (Lipinski definition) is 1. The molecule has 1 aromatic rings. The van der Waals surface area contributed by atoms with E-state index < -0.39 is 17.4 Å². The lowest BCUT2D eigenvalue weighted by Gasteiger charge is -2.09. The van der Waals surface area contributed by atoms with Gasteiger partial charge in [-0.25, -0.2) is 0 Å². The molecule has 0 saturated carbocycles. The number of nitrogens with zero attached hydrogens (tertiary/aromatic N) is 1. The zero-order valence-electron chi connectivity index (χ0n) is 7.92. The highest BCUT2D eigenvalue weighted by Gasteiger charge is 2.34. The first kappa shape index (κ1) is 12.0. The van der Waals surface area contributed by atoms with E-state index in [2.05, 4.69) is 4.99 Å². The second-order valence-electron chi connectivity index (χ2n) is 3.00. The summed E-state index contributed by atoms with van der Waals surface area (Å²) in [7, 11) is 0. The van der Waals surface area contributed by atoms with Crippen molar-refractivity contribution in [1.29, 1.82) is 0 Å². The molecule has 0 spiro atoms. The van der Waals surface area contributed by atoms with E-state index in [9.17, 15) is 13.2 Å². The van der Waals surface area contributed by atoms with Crippen LogP contribution in [0.2, 0.25) is 0 Å². The lowest BCUT2D eigenvalue weighted by molar-refractivity contribution is -0.0562. The van der Waals surface area contributed by atoms with E-state index in [0.29, 0.717) is 5.56 Å². The third kappa shape index (κ3) is 3.55. The van der Waals surface area contributed by atoms with Crippen LogP contribution in [0.1, 0.15) is 18.5 Å². The van der Waals surface area contributed by atoms with Gasteiger partial charge >= 0.3 is 6.18 Å². The third-order valence-electron chi connectivity index (χ3n) is 1.82. The highest BCUT2D eigenvalue weighted by Crippen LogP contribution is 2.24. The molecule has 0 aromatic heterocycles. The lowest BCUT2D eigenvalue weighted by Crippen LogP contribution is -2.17. The monoisotopic (exact) mass is 235 g/mol. The van der Waals surface area contributed by atoms with Gasteiger partial charge < -0.3 is 0 Å². The highest BCUT2D eigenvalue weighted by atomic mass is 35.5. The predicted molar refractivity (Wildman–Crippen MR) is 54.2 cm³/mol. The Morgan fingerprint density at radius 2 is 1.80 bits per heavy atom. The van der Waals surface area contributed by atoms with Crippen LogP contribution in [-0.2, 0) is 0 Å². The molecule has 1 rings (SSSR count). The van der Waals surface area contributed by atoms with Crippen LogP contribution < -0.4 is 0 Å². The fourth-order valence-corrected chi connectivity index (χ4v) is 1.20. The van der Waals surface area contributed by atoms with E-state index in [1.165, 1.54) is 0 Å². The summed E-state index contributed by atoms with van der Waals surface area (Å²) >= 11 is 5.03. The van der Waals surface area contributed by atoms with E-state index >= 15 is 0 Å². The van der Waals surface area contributed by atoms with Crippen molar-refractivity contribution in [2.75, 3.05) is 0 Å². The Bertz CT molecular complexity index is 345. The average Bonchev–Trinajstić information content (AvgIpc) is 2.17.